The number of rotatable bonds is 3. The Bertz CT molecular complexity index is 577. The smallest absolute Gasteiger partial charge is 0.137 e. The van der Waals surface area contributed by atoms with Gasteiger partial charge in [0.05, 0.1) is 0 Å². The lowest BCUT2D eigenvalue weighted by atomic mass is 9.59. The number of halogens is 1. The molecule has 0 unspecified atom stereocenters. The highest BCUT2D eigenvalue weighted by Crippen LogP contribution is 2.51. The van der Waals surface area contributed by atoms with Crippen molar-refractivity contribution >= 4 is 22.0 Å². The van der Waals surface area contributed by atoms with Gasteiger partial charge in [0.1, 0.15) is 6.09 Å². The Labute approximate surface area is 154 Å². The minimum Gasteiger partial charge on any atom is -0.530 e. The number of benzene rings is 1. The fourth-order valence-corrected chi connectivity index (χ4v) is 4.19. The van der Waals surface area contributed by atoms with Crippen molar-refractivity contribution in [1.82, 2.24) is 4.90 Å². The van der Waals surface area contributed by atoms with Crippen molar-refractivity contribution in [1.29, 1.82) is 0 Å². The molecule has 1 saturated carbocycles. The lowest BCUT2D eigenvalue weighted by Crippen LogP contribution is -2.63. The minimum atomic E-state index is -1.06. The van der Waals surface area contributed by atoms with Gasteiger partial charge in [0.2, 0.25) is 0 Å². The van der Waals surface area contributed by atoms with Crippen LogP contribution in [0.25, 0.3) is 0 Å². The summed E-state index contributed by atoms with van der Waals surface area (Å²) in [6.45, 7) is 11.4. The van der Waals surface area contributed by atoms with Crippen molar-refractivity contribution < 1.29 is 9.90 Å². The molecule has 0 bridgehead atoms. The van der Waals surface area contributed by atoms with Gasteiger partial charge in [0.25, 0.3) is 0 Å². The Balaban J connectivity index is 2.37. The number of carbonyl (C=O) groups is 1. The Kier molecular flexibility index (Phi) is 5.39. The lowest BCUT2D eigenvalue weighted by Gasteiger charge is -2.58. The van der Waals surface area contributed by atoms with Crippen LogP contribution in [0.5, 0.6) is 0 Å². The van der Waals surface area contributed by atoms with Crippen molar-refractivity contribution in [2.75, 3.05) is 0 Å². The molecule has 0 aromatic heterocycles. The molecule has 1 aliphatic rings. The number of amides is 1. The third-order valence-electron chi connectivity index (χ3n) is 5.82. The van der Waals surface area contributed by atoms with Gasteiger partial charge in [0, 0.05) is 16.6 Å². The van der Waals surface area contributed by atoms with Crippen molar-refractivity contribution in [3.05, 3.63) is 34.3 Å². The third-order valence-corrected chi connectivity index (χ3v) is 6.35. The van der Waals surface area contributed by atoms with E-state index in [9.17, 15) is 9.90 Å². The molecule has 0 atom stereocenters. The maximum absolute atomic E-state index is 12.1. The Hall–Kier alpha value is -1.03. The molecule has 3 nitrogen and oxygen atoms in total. The van der Waals surface area contributed by atoms with E-state index in [1.807, 2.05) is 24.3 Å². The molecular formula is C20H29BrNO2-. The molecular weight excluding hydrogens is 366 g/mol. The van der Waals surface area contributed by atoms with Gasteiger partial charge in [-0.3, -0.25) is 0 Å². The number of nitrogens with zero attached hydrogens (tertiary/aromatic N) is 1. The normalized spacial score (nSPS) is 19.8. The van der Waals surface area contributed by atoms with E-state index in [0.29, 0.717) is 6.54 Å². The second-order valence-electron chi connectivity index (χ2n) is 8.92. The van der Waals surface area contributed by atoms with E-state index in [-0.39, 0.29) is 16.4 Å². The zero-order chi connectivity index (χ0) is 18.2. The highest BCUT2D eigenvalue weighted by atomic mass is 79.9. The van der Waals surface area contributed by atoms with Gasteiger partial charge in [-0.05, 0) is 54.2 Å². The van der Waals surface area contributed by atoms with E-state index in [4.69, 9.17) is 0 Å². The quantitative estimate of drug-likeness (QED) is 0.725. The average molecular weight is 395 g/mol. The predicted molar refractivity (Wildman–Crippen MR) is 99.5 cm³/mol. The number of hydrogen-bond donors (Lipinski definition) is 0. The zero-order valence-corrected chi connectivity index (χ0v) is 17.1. The molecule has 0 radical (unpaired) electrons. The predicted octanol–water partition coefficient (Wildman–Crippen LogP) is 4.98. The van der Waals surface area contributed by atoms with E-state index in [1.165, 1.54) is 0 Å². The molecule has 1 fully saturated rings. The summed E-state index contributed by atoms with van der Waals surface area (Å²) in [5.74, 6) is 0. The molecule has 1 aromatic rings. The van der Waals surface area contributed by atoms with Crippen molar-refractivity contribution in [3.63, 3.8) is 0 Å². The van der Waals surface area contributed by atoms with E-state index >= 15 is 0 Å². The minimum absolute atomic E-state index is 0.140. The third kappa shape index (κ3) is 3.96. The SMILES string of the molecule is CC1(C)CCC(N(Cc2ccc(Br)cc2)C(=O)[O-])(C(C)(C)C)CC1. The van der Waals surface area contributed by atoms with Crippen LogP contribution in [0.2, 0.25) is 0 Å². The fraction of sp³-hybridized carbons (Fsp3) is 0.650. The Morgan fingerprint density at radius 2 is 1.62 bits per heavy atom. The van der Waals surface area contributed by atoms with Crippen LogP contribution in [0.15, 0.2) is 28.7 Å². The molecule has 0 N–H and O–H groups in total. The number of carboxylic acid groups (broad SMARTS) is 1. The zero-order valence-electron chi connectivity index (χ0n) is 15.5. The first-order chi connectivity index (χ1) is 11.0. The van der Waals surface area contributed by atoms with Crippen LogP contribution in [-0.4, -0.2) is 16.5 Å². The monoisotopic (exact) mass is 394 g/mol. The molecule has 24 heavy (non-hydrogen) atoms. The van der Waals surface area contributed by atoms with E-state index < -0.39 is 6.09 Å². The maximum Gasteiger partial charge on any atom is 0.137 e. The van der Waals surface area contributed by atoms with Gasteiger partial charge in [-0.15, -0.1) is 0 Å². The van der Waals surface area contributed by atoms with Crippen LogP contribution in [0, 0.1) is 10.8 Å². The molecule has 134 valence electrons. The standard InChI is InChI=1S/C20H30BrNO2/c1-18(2,3)20(12-10-19(4,5)11-13-20)22(17(23)24)14-15-6-8-16(21)9-7-15/h6-9H,10-14H2,1-5H3,(H,23,24)/p-1. The first-order valence-corrected chi connectivity index (χ1v) is 9.49. The van der Waals surface area contributed by atoms with Crippen LogP contribution < -0.4 is 5.11 Å². The molecule has 4 heteroatoms. The second-order valence-corrected chi connectivity index (χ2v) is 9.84. The Morgan fingerprint density at radius 3 is 2.04 bits per heavy atom. The molecule has 1 aromatic carbocycles. The molecule has 2 rings (SSSR count). The number of carbonyl (C=O) groups excluding carboxylic acids is 1. The average Bonchev–Trinajstić information content (AvgIpc) is 2.46. The van der Waals surface area contributed by atoms with E-state index in [1.54, 1.807) is 4.90 Å². The van der Waals surface area contributed by atoms with E-state index in [2.05, 4.69) is 50.5 Å². The highest BCUT2D eigenvalue weighted by Gasteiger charge is 2.50. The largest absolute Gasteiger partial charge is 0.530 e. The summed E-state index contributed by atoms with van der Waals surface area (Å²) in [6, 6.07) is 7.86. The van der Waals surface area contributed by atoms with Gasteiger partial charge in [-0.1, -0.05) is 62.7 Å². The first kappa shape index (κ1) is 19.3. The summed E-state index contributed by atoms with van der Waals surface area (Å²) < 4.78 is 0.996. The Morgan fingerprint density at radius 1 is 1.12 bits per heavy atom. The van der Waals surface area contributed by atoms with Gasteiger partial charge in [0.15, 0.2) is 0 Å². The maximum atomic E-state index is 12.1. The van der Waals surface area contributed by atoms with Gasteiger partial charge in [-0.2, -0.15) is 0 Å². The topological polar surface area (TPSA) is 43.4 Å². The van der Waals surface area contributed by atoms with Crippen LogP contribution in [0.3, 0.4) is 0 Å². The highest BCUT2D eigenvalue weighted by molar-refractivity contribution is 9.10. The summed E-state index contributed by atoms with van der Waals surface area (Å²) in [5.41, 5.74) is 0.757. The van der Waals surface area contributed by atoms with Crippen LogP contribution in [-0.2, 0) is 6.54 Å². The summed E-state index contributed by atoms with van der Waals surface area (Å²) in [5, 5.41) is 12.1. The molecule has 1 amide bonds. The number of hydrogen-bond acceptors (Lipinski definition) is 2. The summed E-state index contributed by atoms with van der Waals surface area (Å²) in [6.07, 6.45) is 2.78. The molecule has 0 aliphatic heterocycles. The lowest BCUT2D eigenvalue weighted by molar-refractivity contribution is -0.278. The molecule has 0 saturated heterocycles. The van der Waals surface area contributed by atoms with Gasteiger partial charge in [-0.25, -0.2) is 0 Å². The van der Waals surface area contributed by atoms with Gasteiger partial charge >= 0.3 is 0 Å². The first-order valence-electron chi connectivity index (χ1n) is 8.70. The molecule has 0 heterocycles. The second kappa shape index (κ2) is 6.70. The van der Waals surface area contributed by atoms with Crippen LogP contribution in [0.1, 0.15) is 65.9 Å². The van der Waals surface area contributed by atoms with Crippen molar-refractivity contribution in [2.45, 2.75) is 72.4 Å². The molecule has 1 aliphatic carbocycles. The van der Waals surface area contributed by atoms with Gasteiger partial charge < -0.3 is 14.8 Å². The van der Waals surface area contributed by atoms with E-state index in [0.717, 1.165) is 35.7 Å². The van der Waals surface area contributed by atoms with Crippen LogP contribution in [0.4, 0.5) is 4.79 Å². The summed E-state index contributed by atoms with van der Waals surface area (Å²) in [4.78, 5) is 13.7. The molecule has 0 spiro atoms. The van der Waals surface area contributed by atoms with Crippen LogP contribution >= 0.6 is 15.9 Å². The fourth-order valence-electron chi connectivity index (χ4n) is 3.93. The summed E-state index contributed by atoms with van der Waals surface area (Å²) >= 11 is 3.43. The van der Waals surface area contributed by atoms with Crippen molar-refractivity contribution in [3.8, 4) is 0 Å². The van der Waals surface area contributed by atoms with Crippen molar-refractivity contribution in [2.24, 2.45) is 10.8 Å². The summed E-state index contributed by atoms with van der Waals surface area (Å²) in [7, 11) is 0.